The van der Waals surface area contributed by atoms with Crippen molar-refractivity contribution in [2.75, 3.05) is 71.1 Å². The normalized spacial score (nSPS) is 19.7. The lowest BCUT2D eigenvalue weighted by Gasteiger charge is -2.43. The number of amides is 2. The number of carbonyl (C=O) groups excluding carboxylic acids is 1. The third-order valence-electron chi connectivity index (χ3n) is 7.42. The minimum atomic E-state index is -4.60. The molecule has 2 fully saturated rings. The number of piperidine rings is 1. The highest BCUT2D eigenvalue weighted by Gasteiger charge is 2.49. The van der Waals surface area contributed by atoms with Gasteiger partial charge in [0.1, 0.15) is 0 Å². The van der Waals surface area contributed by atoms with Crippen molar-refractivity contribution in [3.05, 3.63) is 29.3 Å². The maximum atomic E-state index is 13.6. The molecule has 0 aromatic heterocycles. The molecule has 7 nitrogen and oxygen atoms in total. The van der Waals surface area contributed by atoms with E-state index in [2.05, 4.69) is 0 Å². The molecule has 0 saturated carbocycles. The average Bonchev–Trinajstić information content (AvgIpc) is 3.19. The summed E-state index contributed by atoms with van der Waals surface area (Å²) in [6.07, 6.45) is -3.08. The number of benzene rings is 1. The zero-order valence-corrected chi connectivity index (χ0v) is 20.7. The summed E-state index contributed by atoms with van der Waals surface area (Å²) in [5, 5.41) is 9.14. The molecule has 0 N–H and O–H groups in total. The SMILES string of the molecule is CCN(CC)C(=O)N1CCC2(CC1)CN(c1ccc(C#N)c(C(F)(F)F)c1)CC2COCCOC. The van der Waals surface area contributed by atoms with E-state index < -0.39 is 11.7 Å². The molecule has 1 unspecified atom stereocenters. The molecular weight excluding hydrogens is 461 g/mol. The van der Waals surface area contributed by atoms with Crippen LogP contribution in [-0.4, -0.2) is 82.0 Å². The van der Waals surface area contributed by atoms with E-state index in [9.17, 15) is 18.0 Å². The lowest BCUT2D eigenvalue weighted by molar-refractivity contribution is -0.137. The Balaban J connectivity index is 1.81. The summed E-state index contributed by atoms with van der Waals surface area (Å²) in [4.78, 5) is 18.5. The van der Waals surface area contributed by atoms with Crippen LogP contribution in [0.15, 0.2) is 18.2 Å². The number of anilines is 1. The molecule has 1 aromatic carbocycles. The molecule has 0 radical (unpaired) electrons. The Labute approximate surface area is 205 Å². The number of likely N-dealkylation sites (tertiary alicyclic amines) is 1. The summed E-state index contributed by atoms with van der Waals surface area (Å²) >= 11 is 0. The van der Waals surface area contributed by atoms with Crippen molar-refractivity contribution in [3.63, 3.8) is 0 Å². The van der Waals surface area contributed by atoms with Gasteiger partial charge in [0, 0.05) is 58.0 Å². The number of nitriles is 1. The Bertz CT molecular complexity index is 906. The summed E-state index contributed by atoms with van der Waals surface area (Å²) in [6.45, 7) is 8.99. The van der Waals surface area contributed by atoms with E-state index in [-0.39, 0.29) is 22.9 Å². The van der Waals surface area contributed by atoms with E-state index in [1.807, 2.05) is 23.6 Å². The van der Waals surface area contributed by atoms with Crippen molar-refractivity contribution in [3.8, 4) is 6.07 Å². The topological polar surface area (TPSA) is 69.0 Å². The first-order chi connectivity index (χ1) is 16.7. The van der Waals surface area contributed by atoms with E-state index in [4.69, 9.17) is 14.7 Å². The first kappa shape index (κ1) is 27.1. The molecule has 1 aromatic rings. The molecule has 10 heteroatoms. The number of alkyl halides is 3. The Hall–Kier alpha value is -2.51. The summed E-state index contributed by atoms with van der Waals surface area (Å²) in [5.74, 6) is 0.107. The minimum Gasteiger partial charge on any atom is -0.382 e. The Morgan fingerprint density at radius 1 is 1.23 bits per heavy atom. The number of hydrogen-bond donors (Lipinski definition) is 0. The third kappa shape index (κ3) is 6.01. The fourth-order valence-electron chi connectivity index (χ4n) is 5.29. The highest BCUT2D eigenvalue weighted by molar-refractivity contribution is 5.74. The molecule has 1 atom stereocenters. The molecule has 0 bridgehead atoms. The lowest BCUT2D eigenvalue weighted by Crippen LogP contribution is -2.51. The van der Waals surface area contributed by atoms with Gasteiger partial charge in [-0.1, -0.05) is 0 Å². The van der Waals surface area contributed by atoms with Crippen molar-refractivity contribution in [2.45, 2.75) is 32.9 Å². The largest absolute Gasteiger partial charge is 0.417 e. The fraction of sp³-hybridized carbons (Fsp3) is 0.680. The summed E-state index contributed by atoms with van der Waals surface area (Å²) < 4.78 is 51.6. The van der Waals surface area contributed by atoms with Crippen LogP contribution < -0.4 is 4.90 Å². The first-order valence-electron chi connectivity index (χ1n) is 12.2. The van der Waals surface area contributed by atoms with Crippen LogP contribution in [-0.2, 0) is 15.7 Å². The van der Waals surface area contributed by atoms with Crippen LogP contribution in [0.2, 0.25) is 0 Å². The standard InChI is InChI=1S/C25H35F3N4O3/c1-4-30(5-2)23(33)31-10-8-24(9-11-31)18-32(16-20(24)17-35-13-12-34-3)21-7-6-19(15-29)22(14-21)25(26,27)28/h6-7,14,20H,4-5,8-13,16-18H2,1-3H3. The quantitative estimate of drug-likeness (QED) is 0.504. The van der Waals surface area contributed by atoms with Gasteiger partial charge in [0.25, 0.3) is 0 Å². The number of nitrogens with zero attached hydrogens (tertiary/aromatic N) is 4. The van der Waals surface area contributed by atoms with Crippen molar-refractivity contribution in [2.24, 2.45) is 11.3 Å². The van der Waals surface area contributed by atoms with Gasteiger partial charge in [0.05, 0.1) is 37.0 Å². The maximum absolute atomic E-state index is 13.6. The summed E-state index contributed by atoms with van der Waals surface area (Å²) in [7, 11) is 1.61. The van der Waals surface area contributed by atoms with Crippen LogP contribution in [0.3, 0.4) is 0 Å². The molecule has 2 aliphatic heterocycles. The molecule has 2 heterocycles. The Kier molecular flexibility index (Phi) is 8.89. The van der Waals surface area contributed by atoms with Gasteiger partial charge < -0.3 is 24.2 Å². The first-order valence-corrected chi connectivity index (χ1v) is 12.2. The number of methoxy groups -OCH3 is 1. The third-order valence-corrected chi connectivity index (χ3v) is 7.42. The second kappa shape index (κ2) is 11.5. The second-order valence-electron chi connectivity index (χ2n) is 9.29. The zero-order valence-electron chi connectivity index (χ0n) is 20.7. The number of hydrogen-bond acceptors (Lipinski definition) is 5. The average molecular weight is 497 g/mol. The predicted octanol–water partition coefficient (Wildman–Crippen LogP) is 4.22. The van der Waals surface area contributed by atoms with Crippen LogP contribution in [0.25, 0.3) is 0 Å². The van der Waals surface area contributed by atoms with Gasteiger partial charge in [0.2, 0.25) is 0 Å². The molecule has 3 rings (SSSR count). The molecule has 194 valence electrons. The molecule has 1 spiro atoms. The fourth-order valence-corrected chi connectivity index (χ4v) is 5.29. The van der Waals surface area contributed by atoms with Crippen molar-refractivity contribution in [1.82, 2.24) is 9.80 Å². The van der Waals surface area contributed by atoms with Crippen molar-refractivity contribution < 1.29 is 27.4 Å². The molecule has 35 heavy (non-hydrogen) atoms. The van der Waals surface area contributed by atoms with Crippen molar-refractivity contribution in [1.29, 1.82) is 5.26 Å². The van der Waals surface area contributed by atoms with Crippen LogP contribution in [0.5, 0.6) is 0 Å². The van der Waals surface area contributed by atoms with Gasteiger partial charge in [-0.3, -0.25) is 0 Å². The van der Waals surface area contributed by atoms with E-state index in [0.717, 1.165) is 18.9 Å². The van der Waals surface area contributed by atoms with Crippen molar-refractivity contribution >= 4 is 11.7 Å². The number of carbonyl (C=O) groups is 1. The highest BCUT2D eigenvalue weighted by Crippen LogP contribution is 2.47. The zero-order chi connectivity index (χ0) is 25.6. The minimum absolute atomic E-state index is 0.0366. The van der Waals surface area contributed by atoms with Gasteiger partial charge in [0.15, 0.2) is 0 Å². The predicted molar refractivity (Wildman–Crippen MR) is 126 cm³/mol. The van der Waals surface area contributed by atoms with Crippen LogP contribution in [0, 0.1) is 22.7 Å². The number of ether oxygens (including phenoxy) is 2. The maximum Gasteiger partial charge on any atom is 0.417 e. The second-order valence-corrected chi connectivity index (χ2v) is 9.29. The summed E-state index contributed by atoms with van der Waals surface area (Å²) in [5.41, 5.74) is -1.00. The molecule has 2 aliphatic rings. The number of urea groups is 1. The van der Waals surface area contributed by atoms with Crippen LogP contribution in [0.4, 0.5) is 23.7 Å². The highest BCUT2D eigenvalue weighted by atomic mass is 19.4. The number of rotatable bonds is 8. The van der Waals surface area contributed by atoms with E-state index in [0.29, 0.717) is 64.8 Å². The molecular formula is C25H35F3N4O3. The van der Waals surface area contributed by atoms with E-state index in [1.54, 1.807) is 24.1 Å². The monoisotopic (exact) mass is 496 g/mol. The Morgan fingerprint density at radius 3 is 2.49 bits per heavy atom. The van der Waals surface area contributed by atoms with Gasteiger partial charge in [-0.25, -0.2) is 4.79 Å². The van der Waals surface area contributed by atoms with E-state index >= 15 is 0 Å². The molecule has 2 amide bonds. The van der Waals surface area contributed by atoms with Gasteiger partial charge in [-0.05, 0) is 50.3 Å². The van der Waals surface area contributed by atoms with Crippen LogP contribution in [0.1, 0.15) is 37.8 Å². The van der Waals surface area contributed by atoms with E-state index in [1.165, 1.54) is 6.07 Å². The lowest BCUT2D eigenvalue weighted by atomic mass is 9.71. The van der Waals surface area contributed by atoms with Gasteiger partial charge in [-0.2, -0.15) is 18.4 Å². The number of halogens is 3. The van der Waals surface area contributed by atoms with Crippen LogP contribution >= 0.6 is 0 Å². The molecule has 2 saturated heterocycles. The Morgan fingerprint density at radius 2 is 1.91 bits per heavy atom. The summed E-state index contributed by atoms with van der Waals surface area (Å²) in [6, 6.07) is 5.61. The van der Waals surface area contributed by atoms with Gasteiger partial charge in [-0.15, -0.1) is 0 Å². The van der Waals surface area contributed by atoms with Gasteiger partial charge >= 0.3 is 12.2 Å². The smallest absolute Gasteiger partial charge is 0.382 e. The molecule has 0 aliphatic carbocycles.